The van der Waals surface area contributed by atoms with Crippen LogP contribution in [-0.4, -0.2) is 9.97 Å². The molecular formula is C15H10F3N3. The van der Waals surface area contributed by atoms with Crippen molar-refractivity contribution in [2.75, 3.05) is 5.32 Å². The molecule has 0 saturated carbocycles. The van der Waals surface area contributed by atoms with E-state index in [1.807, 2.05) is 0 Å². The molecule has 0 atom stereocenters. The number of hydrogen-bond donors (Lipinski definition) is 1. The SMILES string of the molecule is Fc1ccc(CNc2ncnc3c(F)cc(F)cc23)cc1. The first kappa shape index (κ1) is 13.4. The van der Waals surface area contributed by atoms with E-state index in [0.29, 0.717) is 12.4 Å². The largest absolute Gasteiger partial charge is 0.365 e. The maximum Gasteiger partial charge on any atom is 0.152 e. The first-order valence-corrected chi connectivity index (χ1v) is 6.21. The van der Waals surface area contributed by atoms with E-state index in [0.717, 1.165) is 11.6 Å². The lowest BCUT2D eigenvalue weighted by atomic mass is 10.2. The van der Waals surface area contributed by atoms with Crippen molar-refractivity contribution in [1.29, 1.82) is 0 Å². The fourth-order valence-electron chi connectivity index (χ4n) is 2.02. The third-order valence-corrected chi connectivity index (χ3v) is 3.03. The van der Waals surface area contributed by atoms with Crippen molar-refractivity contribution in [3.8, 4) is 0 Å². The molecule has 0 radical (unpaired) electrons. The monoisotopic (exact) mass is 289 g/mol. The average Bonchev–Trinajstić information content (AvgIpc) is 2.47. The average molecular weight is 289 g/mol. The van der Waals surface area contributed by atoms with Crippen molar-refractivity contribution < 1.29 is 13.2 Å². The molecule has 3 nitrogen and oxygen atoms in total. The highest BCUT2D eigenvalue weighted by Crippen LogP contribution is 2.23. The van der Waals surface area contributed by atoms with Gasteiger partial charge >= 0.3 is 0 Å². The van der Waals surface area contributed by atoms with Gasteiger partial charge < -0.3 is 5.32 Å². The normalized spacial score (nSPS) is 10.8. The predicted molar refractivity (Wildman–Crippen MR) is 73.2 cm³/mol. The fourth-order valence-corrected chi connectivity index (χ4v) is 2.02. The molecule has 0 bridgehead atoms. The molecule has 21 heavy (non-hydrogen) atoms. The van der Waals surface area contributed by atoms with Gasteiger partial charge in [-0.15, -0.1) is 0 Å². The van der Waals surface area contributed by atoms with Crippen LogP contribution in [-0.2, 0) is 6.54 Å². The Balaban J connectivity index is 1.92. The number of hydrogen-bond acceptors (Lipinski definition) is 3. The molecule has 3 aromatic rings. The molecule has 0 aliphatic carbocycles. The Labute approximate surface area is 118 Å². The highest BCUT2D eigenvalue weighted by atomic mass is 19.1. The summed E-state index contributed by atoms with van der Waals surface area (Å²) in [7, 11) is 0. The number of nitrogens with one attached hydrogen (secondary N) is 1. The molecule has 3 rings (SSSR count). The van der Waals surface area contributed by atoms with Gasteiger partial charge in [0.2, 0.25) is 0 Å². The van der Waals surface area contributed by atoms with Crippen LogP contribution in [0.5, 0.6) is 0 Å². The minimum atomic E-state index is -0.739. The van der Waals surface area contributed by atoms with E-state index in [-0.39, 0.29) is 16.7 Å². The molecule has 1 heterocycles. The summed E-state index contributed by atoms with van der Waals surface area (Å²) in [5, 5.41) is 3.23. The maximum absolute atomic E-state index is 13.6. The molecule has 0 aliphatic rings. The number of fused-ring (bicyclic) bond motifs is 1. The zero-order chi connectivity index (χ0) is 14.8. The van der Waals surface area contributed by atoms with E-state index >= 15 is 0 Å². The smallest absolute Gasteiger partial charge is 0.152 e. The summed E-state index contributed by atoms with van der Waals surface area (Å²) in [5.74, 6) is -1.44. The summed E-state index contributed by atoms with van der Waals surface area (Å²) in [6, 6.07) is 7.87. The second kappa shape index (κ2) is 5.40. The van der Waals surface area contributed by atoms with Crippen molar-refractivity contribution in [3.05, 3.63) is 65.7 Å². The number of nitrogens with zero attached hydrogens (tertiary/aromatic N) is 2. The second-order valence-corrected chi connectivity index (χ2v) is 4.49. The van der Waals surface area contributed by atoms with Crippen LogP contribution in [0.1, 0.15) is 5.56 Å². The van der Waals surface area contributed by atoms with Crippen LogP contribution < -0.4 is 5.32 Å². The third-order valence-electron chi connectivity index (χ3n) is 3.03. The highest BCUT2D eigenvalue weighted by molar-refractivity contribution is 5.89. The number of aromatic nitrogens is 2. The Kier molecular flexibility index (Phi) is 3.43. The van der Waals surface area contributed by atoms with Crippen LogP contribution in [0.25, 0.3) is 10.9 Å². The summed E-state index contributed by atoms with van der Waals surface area (Å²) in [6.45, 7) is 0.352. The molecular weight excluding hydrogens is 279 g/mol. The molecule has 0 amide bonds. The van der Waals surface area contributed by atoms with Crippen molar-refractivity contribution in [2.45, 2.75) is 6.54 Å². The lowest BCUT2D eigenvalue weighted by molar-refractivity contribution is 0.590. The zero-order valence-electron chi connectivity index (χ0n) is 10.8. The minimum absolute atomic E-state index is 0.0491. The summed E-state index contributed by atoms with van der Waals surface area (Å²) in [6.07, 6.45) is 1.20. The topological polar surface area (TPSA) is 37.8 Å². The molecule has 6 heteroatoms. The quantitative estimate of drug-likeness (QED) is 0.799. The molecule has 0 aliphatic heterocycles. The number of halogens is 3. The minimum Gasteiger partial charge on any atom is -0.365 e. The molecule has 1 N–H and O–H groups in total. The number of benzene rings is 2. The summed E-state index contributed by atoms with van der Waals surface area (Å²) in [5.41, 5.74) is 0.869. The standard InChI is InChI=1S/C15H10F3N3/c16-10-3-1-9(2-4-10)7-19-15-12-5-11(17)6-13(18)14(12)20-8-21-15/h1-6,8H,7H2,(H,19,20,21). The van der Waals surface area contributed by atoms with Crippen molar-refractivity contribution in [3.63, 3.8) is 0 Å². The Morgan fingerprint density at radius 2 is 1.67 bits per heavy atom. The summed E-state index contributed by atoms with van der Waals surface area (Å²) >= 11 is 0. The number of rotatable bonds is 3. The molecule has 1 aromatic heterocycles. The van der Waals surface area contributed by atoms with Crippen LogP contribution in [0.4, 0.5) is 19.0 Å². The van der Waals surface area contributed by atoms with E-state index in [9.17, 15) is 13.2 Å². The van der Waals surface area contributed by atoms with E-state index in [4.69, 9.17) is 0 Å². The summed E-state index contributed by atoms with van der Waals surface area (Å²) < 4.78 is 39.8. The first-order chi connectivity index (χ1) is 10.1. The Morgan fingerprint density at radius 1 is 0.905 bits per heavy atom. The van der Waals surface area contributed by atoms with Gasteiger partial charge in [0.1, 0.15) is 29.3 Å². The van der Waals surface area contributed by atoms with Crippen LogP contribution in [0.15, 0.2) is 42.7 Å². The van der Waals surface area contributed by atoms with E-state index in [1.54, 1.807) is 12.1 Å². The lowest BCUT2D eigenvalue weighted by Crippen LogP contribution is -2.03. The fraction of sp³-hybridized carbons (Fsp3) is 0.0667. The molecule has 0 saturated heterocycles. The van der Waals surface area contributed by atoms with E-state index < -0.39 is 11.6 Å². The maximum atomic E-state index is 13.6. The lowest BCUT2D eigenvalue weighted by Gasteiger charge is -2.09. The second-order valence-electron chi connectivity index (χ2n) is 4.49. The Morgan fingerprint density at radius 3 is 2.43 bits per heavy atom. The molecule has 0 fully saturated rings. The van der Waals surface area contributed by atoms with Gasteiger partial charge in [-0.1, -0.05) is 12.1 Å². The van der Waals surface area contributed by atoms with Crippen LogP contribution >= 0.6 is 0 Å². The highest BCUT2D eigenvalue weighted by Gasteiger charge is 2.10. The van der Waals surface area contributed by atoms with Crippen LogP contribution in [0.3, 0.4) is 0 Å². The van der Waals surface area contributed by atoms with Gasteiger partial charge in [0, 0.05) is 18.0 Å². The van der Waals surface area contributed by atoms with Crippen molar-refractivity contribution >= 4 is 16.7 Å². The third kappa shape index (κ3) is 2.79. The molecule has 0 spiro atoms. The summed E-state index contributed by atoms with van der Waals surface area (Å²) in [4.78, 5) is 7.80. The van der Waals surface area contributed by atoms with Gasteiger partial charge in [0.25, 0.3) is 0 Å². The van der Waals surface area contributed by atoms with E-state index in [2.05, 4.69) is 15.3 Å². The van der Waals surface area contributed by atoms with Crippen LogP contribution in [0.2, 0.25) is 0 Å². The molecule has 2 aromatic carbocycles. The van der Waals surface area contributed by atoms with E-state index in [1.165, 1.54) is 24.5 Å². The molecule has 0 unspecified atom stereocenters. The first-order valence-electron chi connectivity index (χ1n) is 6.21. The van der Waals surface area contributed by atoms with Gasteiger partial charge in [-0.3, -0.25) is 0 Å². The Hall–Kier alpha value is -2.63. The van der Waals surface area contributed by atoms with Crippen LogP contribution in [0, 0.1) is 17.5 Å². The van der Waals surface area contributed by atoms with Gasteiger partial charge in [-0.05, 0) is 23.8 Å². The van der Waals surface area contributed by atoms with Gasteiger partial charge in [0.15, 0.2) is 5.82 Å². The Bertz CT molecular complexity index is 788. The molecule has 106 valence electrons. The van der Waals surface area contributed by atoms with Gasteiger partial charge in [0.05, 0.1) is 0 Å². The number of anilines is 1. The zero-order valence-corrected chi connectivity index (χ0v) is 10.8. The predicted octanol–water partition coefficient (Wildman–Crippen LogP) is 3.66. The van der Waals surface area contributed by atoms with Crippen molar-refractivity contribution in [1.82, 2.24) is 9.97 Å². The van der Waals surface area contributed by atoms with Gasteiger partial charge in [-0.25, -0.2) is 23.1 Å². The van der Waals surface area contributed by atoms with Gasteiger partial charge in [-0.2, -0.15) is 0 Å². The van der Waals surface area contributed by atoms with Crippen molar-refractivity contribution in [2.24, 2.45) is 0 Å².